The normalized spacial score (nSPS) is 11.8. The molecule has 9 heteroatoms. The summed E-state index contributed by atoms with van der Waals surface area (Å²) >= 11 is 2.62. The first-order chi connectivity index (χ1) is 9.18. The SMILES string of the molecule is CCOC(=O)Cc1c(C(F)F)ncc(Br)c1C(F)(F)F. The maximum Gasteiger partial charge on any atom is 0.417 e. The summed E-state index contributed by atoms with van der Waals surface area (Å²) in [6.45, 7) is 1.39. The summed E-state index contributed by atoms with van der Waals surface area (Å²) in [6.07, 6.45) is -8.41. The Bertz CT molecular complexity index is 504. The highest BCUT2D eigenvalue weighted by molar-refractivity contribution is 9.10. The van der Waals surface area contributed by atoms with Gasteiger partial charge in [0.05, 0.1) is 18.6 Å². The topological polar surface area (TPSA) is 39.2 Å². The lowest BCUT2D eigenvalue weighted by Gasteiger charge is -2.17. The highest BCUT2D eigenvalue weighted by Crippen LogP contribution is 2.40. The molecule has 0 aliphatic heterocycles. The van der Waals surface area contributed by atoms with Crippen LogP contribution < -0.4 is 0 Å². The van der Waals surface area contributed by atoms with Gasteiger partial charge < -0.3 is 4.74 Å². The minimum Gasteiger partial charge on any atom is -0.466 e. The summed E-state index contributed by atoms with van der Waals surface area (Å²) in [7, 11) is 0. The van der Waals surface area contributed by atoms with E-state index >= 15 is 0 Å². The molecule has 112 valence electrons. The molecule has 0 N–H and O–H groups in total. The van der Waals surface area contributed by atoms with Crippen LogP contribution in [0.4, 0.5) is 22.0 Å². The maximum absolute atomic E-state index is 12.9. The standard InChI is InChI=1S/C11H9BrF5NO2/c1-2-20-7(19)3-5-8(11(15,16)17)6(12)4-18-9(5)10(13)14/h4,10H,2-3H2,1H3. The van der Waals surface area contributed by atoms with Crippen LogP contribution in [-0.4, -0.2) is 17.6 Å². The van der Waals surface area contributed by atoms with Gasteiger partial charge >= 0.3 is 12.1 Å². The van der Waals surface area contributed by atoms with Gasteiger partial charge in [-0.2, -0.15) is 13.2 Å². The van der Waals surface area contributed by atoms with Crippen LogP contribution >= 0.6 is 15.9 Å². The number of hydrogen-bond donors (Lipinski definition) is 0. The molecular formula is C11H9BrF5NO2. The summed E-state index contributed by atoms with van der Waals surface area (Å²) < 4.78 is 68.3. The van der Waals surface area contributed by atoms with Gasteiger partial charge in [-0.3, -0.25) is 9.78 Å². The van der Waals surface area contributed by atoms with Crippen molar-refractivity contribution >= 4 is 21.9 Å². The van der Waals surface area contributed by atoms with Crippen molar-refractivity contribution in [1.82, 2.24) is 4.98 Å². The molecule has 1 rings (SSSR count). The van der Waals surface area contributed by atoms with E-state index in [2.05, 4.69) is 25.7 Å². The van der Waals surface area contributed by atoms with Crippen LogP contribution in [0.5, 0.6) is 0 Å². The van der Waals surface area contributed by atoms with E-state index in [9.17, 15) is 26.7 Å². The van der Waals surface area contributed by atoms with Crippen LogP contribution in [0.2, 0.25) is 0 Å². The number of esters is 1. The fourth-order valence-electron chi connectivity index (χ4n) is 1.57. The number of nitrogens with zero attached hydrogens (tertiary/aromatic N) is 1. The molecule has 1 aromatic rings. The first-order valence-corrected chi connectivity index (χ1v) is 6.16. The largest absolute Gasteiger partial charge is 0.466 e. The Morgan fingerprint density at radius 1 is 1.45 bits per heavy atom. The van der Waals surface area contributed by atoms with Crippen molar-refractivity contribution in [2.24, 2.45) is 0 Å². The van der Waals surface area contributed by atoms with Crippen molar-refractivity contribution in [3.05, 3.63) is 27.5 Å². The highest BCUT2D eigenvalue weighted by atomic mass is 79.9. The molecule has 0 aliphatic carbocycles. The predicted octanol–water partition coefficient (Wildman–Crippen LogP) is 3.91. The van der Waals surface area contributed by atoms with Crippen LogP contribution in [0.1, 0.15) is 30.2 Å². The lowest BCUT2D eigenvalue weighted by molar-refractivity contribution is -0.143. The summed E-state index contributed by atoms with van der Waals surface area (Å²) in [5.74, 6) is -1.03. The number of hydrogen-bond acceptors (Lipinski definition) is 3. The average molecular weight is 362 g/mol. The molecule has 3 nitrogen and oxygen atoms in total. The van der Waals surface area contributed by atoms with Gasteiger partial charge in [-0.25, -0.2) is 8.78 Å². The Balaban J connectivity index is 3.41. The van der Waals surface area contributed by atoms with Crippen LogP contribution in [0.15, 0.2) is 10.7 Å². The molecule has 0 aliphatic rings. The number of halogens is 6. The summed E-state index contributed by atoms with van der Waals surface area (Å²) in [6, 6.07) is 0. The molecular weight excluding hydrogens is 353 g/mol. The van der Waals surface area contributed by atoms with E-state index in [4.69, 9.17) is 0 Å². The summed E-state index contributed by atoms with van der Waals surface area (Å²) in [5, 5.41) is 0. The number of pyridine rings is 1. The third kappa shape index (κ3) is 3.87. The van der Waals surface area contributed by atoms with Crippen LogP contribution in [-0.2, 0) is 22.1 Å². The van der Waals surface area contributed by atoms with Crippen molar-refractivity contribution < 1.29 is 31.5 Å². The minimum absolute atomic E-state index is 0.0639. The fraction of sp³-hybridized carbons (Fsp3) is 0.455. The molecule has 0 saturated carbocycles. The third-order valence-electron chi connectivity index (χ3n) is 2.28. The van der Waals surface area contributed by atoms with E-state index in [1.54, 1.807) is 0 Å². The Morgan fingerprint density at radius 2 is 2.05 bits per heavy atom. The van der Waals surface area contributed by atoms with Gasteiger partial charge in [-0.15, -0.1) is 0 Å². The van der Waals surface area contributed by atoms with Crippen molar-refractivity contribution in [3.8, 4) is 0 Å². The van der Waals surface area contributed by atoms with Crippen LogP contribution in [0.25, 0.3) is 0 Å². The first-order valence-electron chi connectivity index (χ1n) is 5.36. The van der Waals surface area contributed by atoms with E-state index in [0.717, 1.165) is 0 Å². The molecule has 0 aromatic carbocycles. The van der Waals surface area contributed by atoms with Gasteiger partial charge in [0, 0.05) is 16.2 Å². The molecule has 0 bridgehead atoms. The van der Waals surface area contributed by atoms with Crippen LogP contribution in [0.3, 0.4) is 0 Å². The molecule has 1 heterocycles. The number of aromatic nitrogens is 1. The molecule has 0 radical (unpaired) electrons. The second-order valence-electron chi connectivity index (χ2n) is 3.63. The quantitative estimate of drug-likeness (QED) is 0.602. The Morgan fingerprint density at radius 3 is 2.50 bits per heavy atom. The van der Waals surface area contributed by atoms with E-state index < -0.39 is 46.3 Å². The number of carbonyl (C=O) groups excluding carboxylic acids is 1. The van der Waals surface area contributed by atoms with Crippen molar-refractivity contribution in [2.75, 3.05) is 6.61 Å². The zero-order chi connectivity index (χ0) is 15.5. The molecule has 0 spiro atoms. The fourth-order valence-corrected chi connectivity index (χ4v) is 2.14. The zero-order valence-corrected chi connectivity index (χ0v) is 11.7. The second-order valence-corrected chi connectivity index (χ2v) is 4.48. The smallest absolute Gasteiger partial charge is 0.417 e. The van der Waals surface area contributed by atoms with Gasteiger partial charge in [0.15, 0.2) is 0 Å². The Hall–Kier alpha value is -1.25. The van der Waals surface area contributed by atoms with Crippen molar-refractivity contribution in [1.29, 1.82) is 0 Å². The molecule has 0 unspecified atom stereocenters. The Labute approximate surface area is 119 Å². The average Bonchev–Trinajstić information content (AvgIpc) is 2.26. The Kier molecular flexibility index (Phi) is 5.43. The van der Waals surface area contributed by atoms with Gasteiger partial charge in [0.2, 0.25) is 0 Å². The van der Waals surface area contributed by atoms with Gasteiger partial charge in [0.1, 0.15) is 5.69 Å². The number of ether oxygens (including phenoxy) is 1. The molecule has 0 amide bonds. The molecule has 0 atom stereocenters. The third-order valence-corrected chi connectivity index (χ3v) is 2.88. The number of alkyl halides is 5. The highest BCUT2D eigenvalue weighted by Gasteiger charge is 2.39. The monoisotopic (exact) mass is 361 g/mol. The second kappa shape index (κ2) is 6.47. The summed E-state index contributed by atoms with van der Waals surface area (Å²) in [5.41, 5.74) is -3.29. The number of carbonyl (C=O) groups is 1. The van der Waals surface area contributed by atoms with Gasteiger partial charge in [0.25, 0.3) is 6.43 Å². The van der Waals surface area contributed by atoms with E-state index in [-0.39, 0.29) is 6.61 Å². The first kappa shape index (κ1) is 16.8. The molecule has 20 heavy (non-hydrogen) atoms. The minimum atomic E-state index is -4.90. The van der Waals surface area contributed by atoms with Gasteiger partial charge in [-0.05, 0) is 22.9 Å². The van der Waals surface area contributed by atoms with Gasteiger partial charge in [-0.1, -0.05) is 0 Å². The lowest BCUT2D eigenvalue weighted by atomic mass is 10.0. The maximum atomic E-state index is 12.9. The predicted molar refractivity (Wildman–Crippen MR) is 62.2 cm³/mol. The van der Waals surface area contributed by atoms with Crippen molar-refractivity contribution in [2.45, 2.75) is 25.9 Å². The molecule has 0 fully saturated rings. The summed E-state index contributed by atoms with van der Waals surface area (Å²) in [4.78, 5) is 14.6. The van der Waals surface area contributed by atoms with Crippen LogP contribution in [0, 0.1) is 0 Å². The molecule has 0 saturated heterocycles. The lowest BCUT2D eigenvalue weighted by Crippen LogP contribution is -2.18. The van der Waals surface area contributed by atoms with E-state index in [1.807, 2.05) is 0 Å². The zero-order valence-electron chi connectivity index (χ0n) is 10.1. The van der Waals surface area contributed by atoms with E-state index in [1.165, 1.54) is 6.92 Å². The van der Waals surface area contributed by atoms with E-state index in [0.29, 0.717) is 6.20 Å². The van der Waals surface area contributed by atoms with Crippen molar-refractivity contribution in [3.63, 3.8) is 0 Å². The number of rotatable bonds is 4. The molecule has 1 aromatic heterocycles.